The average molecular weight is 386 g/mol. The molecule has 1 atom stereocenters. The minimum atomic E-state index is -3.71. The first-order valence-corrected chi connectivity index (χ1v) is 10.7. The van der Waals surface area contributed by atoms with E-state index in [1.165, 1.54) is 16.4 Å². The van der Waals surface area contributed by atoms with Crippen molar-refractivity contribution in [1.29, 1.82) is 0 Å². The highest BCUT2D eigenvalue weighted by atomic mass is 32.2. The minimum Gasteiger partial charge on any atom is -0.491 e. The summed E-state index contributed by atoms with van der Waals surface area (Å²) in [5.74, 6) is -0.597. The van der Waals surface area contributed by atoms with Gasteiger partial charge in [-0.2, -0.15) is 4.31 Å². The van der Waals surface area contributed by atoms with Crippen molar-refractivity contribution >= 4 is 10.0 Å². The predicted octanol–water partition coefficient (Wildman–Crippen LogP) is 1.83. The van der Waals surface area contributed by atoms with Crippen LogP contribution in [0.2, 0.25) is 0 Å². The topological polar surface area (TPSA) is 70.1 Å². The van der Waals surface area contributed by atoms with Crippen molar-refractivity contribution in [2.45, 2.75) is 49.6 Å². The zero-order valence-corrected chi connectivity index (χ0v) is 15.9. The van der Waals surface area contributed by atoms with E-state index < -0.39 is 15.8 Å². The molecule has 3 rings (SSSR count). The fraction of sp³-hybridized carbons (Fsp3) is 0.667. The molecule has 0 aromatic heterocycles. The average Bonchev–Trinajstić information content (AvgIpc) is 3.12. The van der Waals surface area contributed by atoms with Gasteiger partial charge in [0.05, 0.1) is 18.1 Å². The second-order valence-corrected chi connectivity index (χ2v) is 8.81. The highest BCUT2D eigenvalue weighted by Crippen LogP contribution is 2.29. The van der Waals surface area contributed by atoms with Crippen molar-refractivity contribution in [3.63, 3.8) is 0 Å². The molecule has 1 aromatic rings. The Kier molecular flexibility index (Phi) is 6.17. The van der Waals surface area contributed by atoms with Crippen molar-refractivity contribution in [1.82, 2.24) is 9.21 Å². The van der Waals surface area contributed by atoms with E-state index in [1.54, 1.807) is 6.92 Å². The number of nitrogens with zero attached hydrogens (tertiary/aromatic N) is 2. The van der Waals surface area contributed by atoms with Gasteiger partial charge in [0.15, 0.2) is 11.6 Å². The summed E-state index contributed by atoms with van der Waals surface area (Å²) in [7, 11) is -3.71. The van der Waals surface area contributed by atoms with Crippen LogP contribution in [-0.2, 0) is 10.0 Å². The highest BCUT2D eigenvalue weighted by molar-refractivity contribution is 7.89. The molecule has 1 N–H and O–H groups in total. The molecule has 2 fully saturated rings. The Bertz CT molecular complexity index is 720. The zero-order valence-electron chi connectivity index (χ0n) is 15.1. The number of hydrogen-bond acceptors (Lipinski definition) is 5. The first-order valence-electron chi connectivity index (χ1n) is 9.26. The van der Waals surface area contributed by atoms with Crippen LogP contribution in [0.1, 0.15) is 32.6 Å². The molecule has 2 aliphatic rings. The fourth-order valence-corrected chi connectivity index (χ4v) is 5.49. The third-order valence-corrected chi connectivity index (χ3v) is 7.26. The van der Waals surface area contributed by atoms with Gasteiger partial charge in [-0.1, -0.05) is 0 Å². The van der Waals surface area contributed by atoms with Gasteiger partial charge in [-0.15, -0.1) is 0 Å². The molecule has 0 spiro atoms. The van der Waals surface area contributed by atoms with Crippen LogP contribution in [0.15, 0.2) is 23.1 Å². The summed E-state index contributed by atoms with van der Waals surface area (Å²) in [4.78, 5) is 2.28. The summed E-state index contributed by atoms with van der Waals surface area (Å²) in [6.07, 6.45) is 3.54. The molecule has 0 unspecified atom stereocenters. The normalized spacial score (nSPS) is 23.4. The fourth-order valence-electron chi connectivity index (χ4n) is 4.01. The van der Waals surface area contributed by atoms with Crippen molar-refractivity contribution in [3.05, 3.63) is 24.0 Å². The van der Waals surface area contributed by atoms with Gasteiger partial charge < -0.3 is 9.84 Å². The zero-order chi connectivity index (χ0) is 18.7. The minimum absolute atomic E-state index is 0.0358. The summed E-state index contributed by atoms with van der Waals surface area (Å²) in [6.45, 7) is 4.02. The maximum Gasteiger partial charge on any atom is 0.243 e. The number of rotatable bonds is 6. The van der Waals surface area contributed by atoms with E-state index in [4.69, 9.17) is 4.74 Å². The Morgan fingerprint density at radius 3 is 2.58 bits per heavy atom. The van der Waals surface area contributed by atoms with E-state index >= 15 is 0 Å². The smallest absolute Gasteiger partial charge is 0.243 e. The molecule has 0 radical (unpaired) electrons. The summed E-state index contributed by atoms with van der Waals surface area (Å²) in [5.41, 5.74) is 0. The van der Waals surface area contributed by atoms with Gasteiger partial charge in [0, 0.05) is 25.2 Å². The van der Waals surface area contributed by atoms with E-state index in [9.17, 15) is 17.9 Å². The number of sulfonamides is 1. The largest absolute Gasteiger partial charge is 0.491 e. The second-order valence-electron chi connectivity index (χ2n) is 6.88. The van der Waals surface area contributed by atoms with Crippen LogP contribution in [0.3, 0.4) is 0 Å². The molecule has 0 saturated carbocycles. The van der Waals surface area contributed by atoms with E-state index in [0.717, 1.165) is 38.3 Å². The van der Waals surface area contributed by atoms with Crippen molar-refractivity contribution in [3.8, 4) is 5.75 Å². The molecule has 6 nitrogen and oxygen atoms in total. The van der Waals surface area contributed by atoms with Gasteiger partial charge in [0.2, 0.25) is 10.0 Å². The van der Waals surface area contributed by atoms with Crippen LogP contribution in [0, 0.1) is 5.82 Å². The van der Waals surface area contributed by atoms with Crippen molar-refractivity contribution in [2.75, 3.05) is 32.8 Å². The van der Waals surface area contributed by atoms with Crippen LogP contribution < -0.4 is 4.74 Å². The van der Waals surface area contributed by atoms with Gasteiger partial charge in [-0.3, -0.25) is 4.90 Å². The second kappa shape index (κ2) is 8.21. The Morgan fingerprint density at radius 1 is 1.23 bits per heavy atom. The summed E-state index contributed by atoms with van der Waals surface area (Å²) < 4.78 is 46.3. The first-order chi connectivity index (χ1) is 12.5. The number of ether oxygens (including phenoxy) is 1. The lowest BCUT2D eigenvalue weighted by molar-refractivity contribution is 0.0899. The van der Waals surface area contributed by atoms with Gasteiger partial charge >= 0.3 is 0 Å². The van der Waals surface area contributed by atoms with Gasteiger partial charge in [0.1, 0.15) is 0 Å². The van der Waals surface area contributed by atoms with Crippen LogP contribution in [-0.4, -0.2) is 67.7 Å². The molecule has 0 aliphatic carbocycles. The molecule has 2 aliphatic heterocycles. The molecular weight excluding hydrogens is 359 g/mol. The Morgan fingerprint density at radius 2 is 1.96 bits per heavy atom. The molecule has 2 heterocycles. The van der Waals surface area contributed by atoms with Crippen LogP contribution in [0.25, 0.3) is 0 Å². The molecule has 26 heavy (non-hydrogen) atoms. The molecule has 0 amide bonds. The maximum absolute atomic E-state index is 14.0. The lowest BCUT2D eigenvalue weighted by atomic mass is 10.0. The molecule has 8 heteroatoms. The summed E-state index contributed by atoms with van der Waals surface area (Å²) in [6, 6.07) is 4.31. The monoisotopic (exact) mass is 386 g/mol. The van der Waals surface area contributed by atoms with Crippen LogP contribution >= 0.6 is 0 Å². The third-order valence-electron chi connectivity index (χ3n) is 5.37. The van der Waals surface area contributed by atoms with Gasteiger partial charge in [0.25, 0.3) is 0 Å². The van der Waals surface area contributed by atoms with Crippen molar-refractivity contribution in [2.24, 2.45) is 0 Å². The molecule has 0 bridgehead atoms. The van der Waals surface area contributed by atoms with Crippen molar-refractivity contribution < 1.29 is 22.7 Å². The number of piperidine rings is 1. The summed E-state index contributed by atoms with van der Waals surface area (Å²) in [5, 5.41) is 9.49. The number of likely N-dealkylation sites (tertiary alicyclic amines) is 1. The Hall–Kier alpha value is -1.22. The number of benzene rings is 1. The molecule has 146 valence electrons. The lowest BCUT2D eigenvalue weighted by Gasteiger charge is -2.38. The number of hydrogen-bond donors (Lipinski definition) is 1. The first kappa shape index (κ1) is 19.5. The van der Waals surface area contributed by atoms with E-state index in [0.29, 0.717) is 25.7 Å². The standard InChI is InChI=1S/C18H27FN2O4S/c1-2-25-18-6-5-16(12-17(18)19)26(23,24)20-10-7-14(8-11-20)21-9-3-4-15(21)13-22/h5-6,12,14-15,22H,2-4,7-11,13H2,1H3/t15-/m0/s1. The third kappa shape index (κ3) is 3.88. The molecular formula is C18H27FN2O4S. The molecule has 2 saturated heterocycles. The van der Waals surface area contributed by atoms with Crippen LogP contribution in [0.4, 0.5) is 4.39 Å². The number of aliphatic hydroxyl groups is 1. The SMILES string of the molecule is CCOc1ccc(S(=O)(=O)N2CCC(N3CCC[C@H]3CO)CC2)cc1F. The van der Waals surface area contributed by atoms with Crippen LogP contribution in [0.5, 0.6) is 5.75 Å². The Balaban J connectivity index is 1.67. The van der Waals surface area contributed by atoms with Gasteiger partial charge in [-0.05, 0) is 57.4 Å². The molecule has 1 aromatic carbocycles. The van der Waals surface area contributed by atoms with E-state index in [-0.39, 0.29) is 23.3 Å². The number of halogens is 1. The predicted molar refractivity (Wildman–Crippen MR) is 96.2 cm³/mol. The highest BCUT2D eigenvalue weighted by Gasteiger charge is 2.35. The quantitative estimate of drug-likeness (QED) is 0.808. The summed E-state index contributed by atoms with van der Waals surface area (Å²) >= 11 is 0. The maximum atomic E-state index is 14.0. The number of aliphatic hydroxyl groups excluding tert-OH is 1. The van der Waals surface area contributed by atoms with E-state index in [1.807, 2.05) is 0 Å². The lowest BCUT2D eigenvalue weighted by Crippen LogP contribution is -2.48. The van der Waals surface area contributed by atoms with E-state index in [2.05, 4.69) is 4.90 Å². The Labute approximate surface area is 154 Å². The van der Waals surface area contributed by atoms with Gasteiger partial charge in [-0.25, -0.2) is 12.8 Å².